The highest BCUT2D eigenvalue weighted by molar-refractivity contribution is 6.31. The molecule has 0 aromatic heterocycles. The van der Waals surface area contributed by atoms with Gasteiger partial charge >= 0.3 is 0 Å². The van der Waals surface area contributed by atoms with E-state index in [1.165, 1.54) is 6.07 Å². The lowest BCUT2D eigenvalue weighted by molar-refractivity contribution is -0.125. The van der Waals surface area contributed by atoms with E-state index in [1.54, 1.807) is 23.1 Å². The Morgan fingerprint density at radius 2 is 1.85 bits per heavy atom. The van der Waals surface area contributed by atoms with Gasteiger partial charge in [0.2, 0.25) is 5.91 Å². The number of halogens is 2. The zero-order chi connectivity index (χ0) is 18.1. The van der Waals surface area contributed by atoms with E-state index >= 15 is 0 Å². The van der Waals surface area contributed by atoms with Crippen LogP contribution >= 0.6 is 11.6 Å². The van der Waals surface area contributed by atoms with Crippen LogP contribution in [0.3, 0.4) is 0 Å². The Morgan fingerprint density at radius 1 is 1.08 bits per heavy atom. The largest absolute Gasteiger partial charge is 0.371 e. The number of nitrogens with zero attached hydrogens (tertiary/aromatic N) is 2. The summed E-state index contributed by atoms with van der Waals surface area (Å²) in [4.78, 5) is 16.6. The van der Waals surface area contributed by atoms with Crippen LogP contribution in [-0.4, -0.2) is 43.1 Å². The third kappa shape index (κ3) is 3.22. The molecule has 0 saturated carbocycles. The second-order valence-corrected chi connectivity index (χ2v) is 7.03. The Bertz CT molecular complexity index is 816. The van der Waals surface area contributed by atoms with Gasteiger partial charge in [-0.3, -0.25) is 9.69 Å². The zero-order valence-electron chi connectivity index (χ0n) is 14.3. The maximum absolute atomic E-state index is 14.1. The van der Waals surface area contributed by atoms with Crippen molar-refractivity contribution in [2.45, 2.75) is 18.6 Å². The number of anilines is 1. The highest BCUT2D eigenvalue weighted by Crippen LogP contribution is 2.32. The topological polar surface area (TPSA) is 32.8 Å². The molecule has 0 N–H and O–H groups in total. The molecule has 136 valence electrons. The van der Waals surface area contributed by atoms with Crippen molar-refractivity contribution >= 4 is 23.2 Å². The molecule has 0 spiro atoms. The normalized spacial score (nSPS) is 24.2. The lowest BCUT2D eigenvalue weighted by Crippen LogP contribution is -2.48. The van der Waals surface area contributed by atoms with E-state index in [2.05, 4.69) is 4.90 Å². The molecular weight excluding hydrogens is 355 g/mol. The van der Waals surface area contributed by atoms with Crippen LogP contribution in [0.1, 0.15) is 18.1 Å². The minimum absolute atomic E-state index is 0.0464. The molecule has 2 fully saturated rings. The van der Waals surface area contributed by atoms with Gasteiger partial charge in [0.05, 0.1) is 24.4 Å². The molecule has 2 aromatic carbocycles. The summed E-state index contributed by atoms with van der Waals surface area (Å²) in [6.45, 7) is 2.35. The predicted molar refractivity (Wildman–Crippen MR) is 98.9 cm³/mol. The maximum atomic E-state index is 14.1. The number of amides is 1. The fourth-order valence-corrected chi connectivity index (χ4v) is 4.05. The van der Waals surface area contributed by atoms with Crippen LogP contribution in [-0.2, 0) is 9.53 Å². The molecule has 0 radical (unpaired) electrons. The Balaban J connectivity index is 1.50. The lowest BCUT2D eigenvalue weighted by atomic mass is 10.1. The van der Waals surface area contributed by atoms with Crippen LogP contribution in [0, 0.1) is 5.82 Å². The Labute approximate surface area is 157 Å². The minimum atomic E-state index is -0.363. The van der Waals surface area contributed by atoms with E-state index in [0.29, 0.717) is 43.4 Å². The molecule has 2 unspecified atom stereocenters. The molecule has 2 aromatic rings. The van der Waals surface area contributed by atoms with Crippen molar-refractivity contribution in [2.75, 3.05) is 31.1 Å². The number of hydrogen-bond acceptors (Lipinski definition) is 3. The monoisotopic (exact) mass is 374 g/mol. The van der Waals surface area contributed by atoms with Gasteiger partial charge in [-0.05, 0) is 24.6 Å². The van der Waals surface area contributed by atoms with E-state index in [4.69, 9.17) is 16.3 Å². The Hall–Kier alpha value is -1.95. The van der Waals surface area contributed by atoms with Gasteiger partial charge in [-0.2, -0.15) is 0 Å². The van der Waals surface area contributed by atoms with Crippen molar-refractivity contribution in [1.82, 2.24) is 4.90 Å². The van der Waals surface area contributed by atoms with Crippen LogP contribution in [0.25, 0.3) is 0 Å². The van der Waals surface area contributed by atoms with Crippen LogP contribution in [0.15, 0.2) is 48.5 Å². The highest BCUT2D eigenvalue weighted by Gasteiger charge is 2.39. The van der Waals surface area contributed by atoms with Crippen molar-refractivity contribution in [1.29, 1.82) is 0 Å². The number of ether oxygens (including phenoxy) is 1. The summed E-state index contributed by atoms with van der Waals surface area (Å²) in [5.74, 6) is -0.410. The van der Waals surface area contributed by atoms with Gasteiger partial charge in [-0.25, -0.2) is 4.39 Å². The lowest BCUT2D eigenvalue weighted by Gasteiger charge is -2.36. The second-order valence-electron chi connectivity index (χ2n) is 6.62. The molecule has 0 aliphatic carbocycles. The SMILES string of the molecule is O=C1C(N2CCOC(c3ccccc3Cl)C2)CCN1c1ccccc1F. The number of rotatable bonds is 3. The first-order valence-electron chi connectivity index (χ1n) is 8.81. The molecular formula is C20H20ClFN2O2. The van der Waals surface area contributed by atoms with Crippen LogP contribution in [0.5, 0.6) is 0 Å². The van der Waals surface area contributed by atoms with Crippen molar-refractivity contribution in [2.24, 2.45) is 0 Å². The van der Waals surface area contributed by atoms with Crippen molar-refractivity contribution in [3.05, 3.63) is 64.9 Å². The van der Waals surface area contributed by atoms with Crippen LogP contribution in [0.2, 0.25) is 5.02 Å². The molecule has 0 bridgehead atoms. The third-order valence-electron chi connectivity index (χ3n) is 5.11. The van der Waals surface area contributed by atoms with E-state index in [0.717, 1.165) is 5.56 Å². The Morgan fingerprint density at radius 3 is 2.65 bits per heavy atom. The maximum Gasteiger partial charge on any atom is 0.244 e. The number of carbonyl (C=O) groups excluding carboxylic acids is 1. The first-order valence-corrected chi connectivity index (χ1v) is 9.19. The molecule has 2 heterocycles. The van der Waals surface area contributed by atoms with E-state index in [-0.39, 0.29) is 23.9 Å². The fourth-order valence-electron chi connectivity index (χ4n) is 3.79. The molecule has 2 aliphatic heterocycles. The van der Waals surface area contributed by atoms with Gasteiger partial charge in [-0.1, -0.05) is 41.9 Å². The Kier molecular flexibility index (Phi) is 4.94. The number of morpholine rings is 1. The minimum Gasteiger partial charge on any atom is -0.371 e. The summed E-state index contributed by atoms with van der Waals surface area (Å²) in [6, 6.07) is 13.8. The van der Waals surface area contributed by atoms with Gasteiger partial charge in [0.15, 0.2) is 0 Å². The average Bonchev–Trinajstić information content (AvgIpc) is 3.04. The quantitative estimate of drug-likeness (QED) is 0.822. The number of hydrogen-bond donors (Lipinski definition) is 0. The third-order valence-corrected chi connectivity index (χ3v) is 5.46. The van der Waals surface area contributed by atoms with Crippen molar-refractivity contribution in [3.8, 4) is 0 Å². The van der Waals surface area contributed by atoms with Crippen molar-refractivity contribution in [3.63, 3.8) is 0 Å². The summed E-state index contributed by atoms with van der Waals surface area (Å²) in [6.07, 6.45) is 0.523. The first-order chi connectivity index (χ1) is 12.6. The van der Waals surface area contributed by atoms with Crippen LogP contribution in [0.4, 0.5) is 10.1 Å². The highest BCUT2D eigenvalue weighted by atomic mass is 35.5. The van der Waals surface area contributed by atoms with Gasteiger partial charge in [0.25, 0.3) is 0 Å². The number of para-hydroxylation sites is 1. The summed E-state index contributed by atoms with van der Waals surface area (Å²) >= 11 is 6.30. The summed E-state index contributed by atoms with van der Waals surface area (Å²) in [5, 5.41) is 0.671. The molecule has 1 amide bonds. The van der Waals surface area contributed by atoms with Gasteiger partial charge in [0, 0.05) is 30.2 Å². The molecule has 2 atom stereocenters. The van der Waals surface area contributed by atoms with Crippen LogP contribution < -0.4 is 4.90 Å². The van der Waals surface area contributed by atoms with E-state index in [9.17, 15) is 9.18 Å². The van der Waals surface area contributed by atoms with Gasteiger partial charge < -0.3 is 9.64 Å². The first kappa shape index (κ1) is 17.5. The van der Waals surface area contributed by atoms with E-state index in [1.807, 2.05) is 24.3 Å². The average molecular weight is 375 g/mol. The molecule has 4 nitrogen and oxygen atoms in total. The summed E-state index contributed by atoms with van der Waals surface area (Å²) < 4.78 is 20.0. The smallest absolute Gasteiger partial charge is 0.244 e. The molecule has 2 saturated heterocycles. The summed E-state index contributed by atoms with van der Waals surface area (Å²) in [7, 11) is 0. The molecule has 4 rings (SSSR count). The number of carbonyl (C=O) groups is 1. The standard InChI is InChI=1S/C20H20ClFN2O2/c21-15-6-2-1-5-14(15)19-13-23(11-12-26-19)18-9-10-24(20(18)25)17-8-4-3-7-16(17)22/h1-8,18-19H,9-13H2. The van der Waals surface area contributed by atoms with Gasteiger partial charge in [-0.15, -0.1) is 0 Å². The van der Waals surface area contributed by atoms with E-state index < -0.39 is 0 Å². The molecule has 2 aliphatic rings. The fraction of sp³-hybridized carbons (Fsp3) is 0.350. The molecule has 6 heteroatoms. The zero-order valence-corrected chi connectivity index (χ0v) is 15.0. The molecule has 26 heavy (non-hydrogen) atoms. The predicted octanol–water partition coefficient (Wildman–Crippen LogP) is 3.66. The van der Waals surface area contributed by atoms with Gasteiger partial charge in [0.1, 0.15) is 5.82 Å². The number of benzene rings is 2. The van der Waals surface area contributed by atoms with Crippen molar-refractivity contribution < 1.29 is 13.9 Å². The second kappa shape index (κ2) is 7.35. The summed E-state index contributed by atoms with van der Waals surface area (Å²) in [5.41, 5.74) is 1.30.